The van der Waals surface area contributed by atoms with Gasteiger partial charge in [-0.1, -0.05) is 0 Å². The van der Waals surface area contributed by atoms with Gasteiger partial charge >= 0.3 is 0 Å². The largest absolute Gasteiger partial charge is 0.619 e. The first kappa shape index (κ1) is 7.33. The van der Waals surface area contributed by atoms with Crippen LogP contribution in [0.2, 0.25) is 0 Å². The summed E-state index contributed by atoms with van der Waals surface area (Å²) in [5, 5.41) is 13.9. The van der Waals surface area contributed by atoms with E-state index >= 15 is 0 Å². The number of amidine groups is 1. The minimum atomic E-state index is 0.148. The van der Waals surface area contributed by atoms with E-state index in [2.05, 4.69) is 5.10 Å². The minimum Gasteiger partial charge on any atom is -0.619 e. The van der Waals surface area contributed by atoms with E-state index in [9.17, 15) is 5.21 Å². The molecule has 1 aromatic rings. The molecule has 0 aliphatic heterocycles. The van der Waals surface area contributed by atoms with Crippen LogP contribution in [0.5, 0.6) is 0 Å². The zero-order chi connectivity index (χ0) is 8.27. The Morgan fingerprint density at radius 2 is 2.36 bits per heavy atom. The molecule has 0 atom stereocenters. The van der Waals surface area contributed by atoms with E-state index in [4.69, 9.17) is 11.6 Å². The van der Waals surface area contributed by atoms with Crippen LogP contribution in [0.3, 0.4) is 0 Å². The Hall–Kier alpha value is -1.78. The molecular formula is C6H8N4O. The summed E-state index contributed by atoms with van der Waals surface area (Å²) in [6, 6.07) is 3.22. The molecule has 0 radical (unpaired) electrons. The predicted molar refractivity (Wildman–Crippen MR) is 40.3 cm³/mol. The number of rotatable bonds is 1. The summed E-state index contributed by atoms with van der Waals surface area (Å²) >= 11 is 0. The van der Waals surface area contributed by atoms with Gasteiger partial charge in [0, 0.05) is 6.07 Å². The van der Waals surface area contributed by atoms with Crippen molar-refractivity contribution in [1.82, 2.24) is 0 Å². The van der Waals surface area contributed by atoms with Crippen molar-refractivity contribution >= 4 is 5.84 Å². The number of hydrogen-bond acceptors (Lipinski definition) is 3. The lowest BCUT2D eigenvalue weighted by atomic mass is 10.3. The molecule has 0 bridgehead atoms. The highest BCUT2D eigenvalue weighted by Gasteiger charge is 1.99. The first-order valence-electron chi connectivity index (χ1n) is 2.96. The summed E-state index contributed by atoms with van der Waals surface area (Å²) < 4.78 is 0.632. The second kappa shape index (κ2) is 2.87. The second-order valence-corrected chi connectivity index (χ2v) is 1.97. The maximum Gasteiger partial charge on any atom is 0.191 e. The Morgan fingerprint density at radius 1 is 1.64 bits per heavy atom. The van der Waals surface area contributed by atoms with E-state index < -0.39 is 0 Å². The molecule has 58 valence electrons. The molecule has 0 amide bonds. The zero-order valence-corrected chi connectivity index (χ0v) is 5.77. The van der Waals surface area contributed by atoms with Crippen LogP contribution in [0.15, 0.2) is 29.6 Å². The van der Waals surface area contributed by atoms with Crippen LogP contribution in [0, 0.1) is 5.21 Å². The number of nitrogens with two attached hydrogens (primary N) is 2. The van der Waals surface area contributed by atoms with Crippen molar-refractivity contribution in [2.45, 2.75) is 0 Å². The molecule has 4 N–H and O–H groups in total. The third kappa shape index (κ3) is 1.57. The van der Waals surface area contributed by atoms with E-state index in [1.807, 2.05) is 0 Å². The van der Waals surface area contributed by atoms with Gasteiger partial charge in [0.2, 0.25) is 0 Å². The smallest absolute Gasteiger partial charge is 0.191 e. The van der Waals surface area contributed by atoms with Crippen molar-refractivity contribution in [3.8, 4) is 0 Å². The summed E-state index contributed by atoms with van der Waals surface area (Å²) in [5.41, 5.74) is 5.85. The maximum absolute atomic E-state index is 10.7. The van der Waals surface area contributed by atoms with Crippen LogP contribution in [-0.2, 0) is 0 Å². The molecule has 0 aromatic carbocycles. The molecule has 0 unspecified atom stereocenters. The van der Waals surface area contributed by atoms with Gasteiger partial charge in [-0.2, -0.15) is 9.83 Å². The zero-order valence-electron chi connectivity index (χ0n) is 5.77. The van der Waals surface area contributed by atoms with Gasteiger partial charge in [0.25, 0.3) is 0 Å². The topological polar surface area (TPSA) is 91.3 Å². The lowest BCUT2D eigenvalue weighted by Crippen LogP contribution is -2.28. The summed E-state index contributed by atoms with van der Waals surface area (Å²) in [5.74, 6) is 5.05. The first-order valence-corrected chi connectivity index (χ1v) is 2.96. The average Bonchev–Trinajstić information content (AvgIpc) is 2.03. The molecule has 0 fully saturated rings. The molecule has 1 aromatic heterocycles. The van der Waals surface area contributed by atoms with Crippen molar-refractivity contribution in [3.63, 3.8) is 0 Å². The Labute approximate surface area is 63.5 Å². The van der Waals surface area contributed by atoms with E-state index in [0.717, 1.165) is 0 Å². The van der Waals surface area contributed by atoms with E-state index in [1.54, 1.807) is 12.1 Å². The van der Waals surface area contributed by atoms with Gasteiger partial charge < -0.3 is 16.8 Å². The van der Waals surface area contributed by atoms with E-state index in [-0.39, 0.29) is 5.84 Å². The fourth-order valence-electron chi connectivity index (χ4n) is 0.681. The van der Waals surface area contributed by atoms with Gasteiger partial charge in [0.1, 0.15) is 0 Å². The fraction of sp³-hybridized carbons (Fsp3) is 0. The monoisotopic (exact) mass is 152 g/mol. The molecule has 1 rings (SSSR count). The van der Waals surface area contributed by atoms with Crippen molar-refractivity contribution in [3.05, 3.63) is 35.3 Å². The number of hydrazone groups is 1. The molecular weight excluding hydrogens is 144 g/mol. The van der Waals surface area contributed by atoms with Crippen molar-refractivity contribution in [2.24, 2.45) is 16.7 Å². The van der Waals surface area contributed by atoms with Crippen LogP contribution >= 0.6 is 0 Å². The maximum atomic E-state index is 10.7. The second-order valence-electron chi connectivity index (χ2n) is 1.97. The van der Waals surface area contributed by atoms with Crippen molar-refractivity contribution < 1.29 is 4.73 Å². The SMILES string of the molecule is N/N=C(\N)c1ccc[n+]([O-])c1. The van der Waals surface area contributed by atoms with Crippen LogP contribution < -0.4 is 16.3 Å². The van der Waals surface area contributed by atoms with Crippen LogP contribution in [0.1, 0.15) is 5.56 Å². The quantitative estimate of drug-likeness (QED) is 0.134. The molecule has 5 nitrogen and oxygen atoms in total. The van der Waals surface area contributed by atoms with Gasteiger partial charge in [-0.25, -0.2) is 0 Å². The lowest BCUT2D eigenvalue weighted by molar-refractivity contribution is -0.605. The van der Waals surface area contributed by atoms with Crippen LogP contribution in [-0.4, -0.2) is 5.84 Å². The molecule has 0 aliphatic carbocycles. The summed E-state index contributed by atoms with van der Waals surface area (Å²) in [7, 11) is 0. The van der Waals surface area contributed by atoms with Gasteiger partial charge in [-0.05, 0) is 6.07 Å². The molecule has 1 heterocycles. The highest BCUT2D eigenvalue weighted by molar-refractivity contribution is 5.96. The van der Waals surface area contributed by atoms with Gasteiger partial charge in [-0.15, -0.1) is 0 Å². The Balaban J connectivity index is 3.06. The summed E-state index contributed by atoms with van der Waals surface area (Å²) in [4.78, 5) is 0. The third-order valence-electron chi connectivity index (χ3n) is 1.21. The van der Waals surface area contributed by atoms with Crippen molar-refractivity contribution in [1.29, 1.82) is 0 Å². The first-order chi connectivity index (χ1) is 5.24. The standard InChI is InChI=1S/C6H8N4O/c7-6(9-8)5-2-1-3-10(11)4-5/h1-4H,8H2,(H2,7,9). The van der Waals surface area contributed by atoms with Gasteiger partial charge in [0.05, 0.1) is 5.56 Å². The highest BCUT2D eigenvalue weighted by Crippen LogP contribution is 1.91. The van der Waals surface area contributed by atoms with Crippen molar-refractivity contribution in [2.75, 3.05) is 0 Å². The Morgan fingerprint density at radius 3 is 2.91 bits per heavy atom. The van der Waals surface area contributed by atoms with Gasteiger partial charge in [-0.3, -0.25) is 0 Å². The normalized spacial score (nSPS) is 11.5. The molecule has 11 heavy (non-hydrogen) atoms. The minimum absolute atomic E-state index is 0.148. The number of nitrogens with zero attached hydrogens (tertiary/aromatic N) is 2. The molecule has 0 saturated carbocycles. The Bertz CT molecular complexity index is 284. The lowest BCUT2D eigenvalue weighted by Gasteiger charge is -1.98. The highest BCUT2D eigenvalue weighted by atomic mass is 16.5. The van der Waals surface area contributed by atoms with E-state index in [0.29, 0.717) is 10.3 Å². The molecule has 0 aliphatic rings. The molecule has 0 saturated heterocycles. The third-order valence-corrected chi connectivity index (χ3v) is 1.21. The van der Waals surface area contributed by atoms with E-state index in [1.165, 1.54) is 12.4 Å². The van der Waals surface area contributed by atoms with Crippen LogP contribution in [0.25, 0.3) is 0 Å². The average molecular weight is 152 g/mol. The molecule has 5 heteroatoms. The predicted octanol–water partition coefficient (Wildman–Crippen LogP) is -1.10. The fourth-order valence-corrected chi connectivity index (χ4v) is 0.681. The number of pyridine rings is 1. The summed E-state index contributed by atoms with van der Waals surface area (Å²) in [6.45, 7) is 0. The Kier molecular flexibility index (Phi) is 1.91. The molecule has 0 spiro atoms. The summed E-state index contributed by atoms with van der Waals surface area (Å²) in [6.07, 6.45) is 2.65. The van der Waals surface area contributed by atoms with Gasteiger partial charge in [0.15, 0.2) is 18.2 Å². The number of aromatic nitrogens is 1. The van der Waals surface area contributed by atoms with Crippen LogP contribution in [0.4, 0.5) is 0 Å². The number of hydrogen-bond donors (Lipinski definition) is 2.